The predicted molar refractivity (Wildman–Crippen MR) is 96.3 cm³/mol. The molecule has 0 spiro atoms. The summed E-state index contributed by atoms with van der Waals surface area (Å²) in [5.41, 5.74) is 2.68. The molecule has 9 heteroatoms. The Bertz CT molecular complexity index is 1210. The molecule has 144 valence electrons. The van der Waals surface area contributed by atoms with Gasteiger partial charge in [0.15, 0.2) is 16.9 Å². The predicted octanol–water partition coefficient (Wildman–Crippen LogP) is 4.31. The highest BCUT2D eigenvalue weighted by Crippen LogP contribution is 2.34. The Morgan fingerprint density at radius 1 is 1.11 bits per heavy atom. The van der Waals surface area contributed by atoms with Crippen molar-refractivity contribution in [1.82, 2.24) is 19.6 Å². The molecule has 0 aliphatic heterocycles. The second-order valence-electron chi connectivity index (χ2n) is 6.16. The Labute approximate surface area is 157 Å². The SMILES string of the molecule is COc1cc(OC(F)F)cc2c1nnc1c(C)nc(-c3cccc(F)c3C)n12. The number of alkyl halides is 2. The molecule has 0 N–H and O–H groups in total. The van der Waals surface area contributed by atoms with Crippen LogP contribution in [0.15, 0.2) is 30.3 Å². The smallest absolute Gasteiger partial charge is 0.387 e. The highest BCUT2D eigenvalue weighted by molar-refractivity contribution is 5.87. The van der Waals surface area contributed by atoms with E-state index < -0.39 is 6.61 Å². The van der Waals surface area contributed by atoms with Crippen LogP contribution in [0.1, 0.15) is 11.3 Å². The van der Waals surface area contributed by atoms with Crippen LogP contribution >= 0.6 is 0 Å². The molecule has 0 amide bonds. The molecule has 4 aromatic rings. The van der Waals surface area contributed by atoms with Crippen molar-refractivity contribution in [3.05, 3.63) is 47.4 Å². The van der Waals surface area contributed by atoms with Crippen LogP contribution in [0.4, 0.5) is 13.2 Å². The van der Waals surface area contributed by atoms with E-state index in [1.54, 1.807) is 30.4 Å². The van der Waals surface area contributed by atoms with Crippen LogP contribution in [0, 0.1) is 19.7 Å². The summed E-state index contributed by atoms with van der Waals surface area (Å²) in [5.74, 6) is 0.163. The molecule has 4 rings (SSSR count). The molecule has 0 aliphatic carbocycles. The van der Waals surface area contributed by atoms with E-state index in [9.17, 15) is 13.2 Å². The van der Waals surface area contributed by atoms with Crippen molar-refractivity contribution in [1.29, 1.82) is 0 Å². The monoisotopic (exact) mass is 388 g/mol. The Hall–Kier alpha value is -3.36. The van der Waals surface area contributed by atoms with E-state index in [2.05, 4.69) is 19.9 Å². The molecule has 2 heterocycles. The van der Waals surface area contributed by atoms with Crippen LogP contribution in [-0.2, 0) is 0 Å². The molecule has 0 saturated heterocycles. The van der Waals surface area contributed by atoms with Crippen LogP contribution in [0.5, 0.6) is 11.5 Å². The van der Waals surface area contributed by atoms with Gasteiger partial charge in [0, 0.05) is 17.7 Å². The molecule has 0 atom stereocenters. The number of imidazole rings is 1. The van der Waals surface area contributed by atoms with Gasteiger partial charge in [0.05, 0.1) is 18.3 Å². The number of aromatic nitrogens is 4. The molecule has 0 radical (unpaired) electrons. The third kappa shape index (κ3) is 2.79. The van der Waals surface area contributed by atoms with Gasteiger partial charge in [-0.2, -0.15) is 8.78 Å². The van der Waals surface area contributed by atoms with E-state index >= 15 is 0 Å². The average Bonchev–Trinajstić information content (AvgIpc) is 3.00. The van der Waals surface area contributed by atoms with E-state index in [0.717, 1.165) is 0 Å². The molecular weight excluding hydrogens is 373 g/mol. The minimum Gasteiger partial charge on any atom is -0.494 e. The molecule has 0 fully saturated rings. The first kappa shape index (κ1) is 18.0. The first-order valence-electron chi connectivity index (χ1n) is 8.34. The van der Waals surface area contributed by atoms with Crippen molar-refractivity contribution in [2.75, 3.05) is 7.11 Å². The van der Waals surface area contributed by atoms with Gasteiger partial charge in [-0.1, -0.05) is 12.1 Å². The third-order valence-electron chi connectivity index (χ3n) is 4.49. The molecule has 0 aliphatic rings. The summed E-state index contributed by atoms with van der Waals surface area (Å²) in [7, 11) is 1.39. The van der Waals surface area contributed by atoms with Crippen molar-refractivity contribution in [2.45, 2.75) is 20.5 Å². The number of nitrogens with zero attached hydrogens (tertiary/aromatic N) is 4. The molecular formula is C19H15F3N4O2. The van der Waals surface area contributed by atoms with Crippen LogP contribution in [0.25, 0.3) is 28.1 Å². The van der Waals surface area contributed by atoms with Gasteiger partial charge in [0.25, 0.3) is 0 Å². The first-order valence-corrected chi connectivity index (χ1v) is 8.34. The number of methoxy groups -OCH3 is 1. The lowest BCUT2D eigenvalue weighted by atomic mass is 10.1. The number of aryl methyl sites for hydroxylation is 1. The Morgan fingerprint density at radius 3 is 2.61 bits per heavy atom. The second-order valence-corrected chi connectivity index (χ2v) is 6.16. The largest absolute Gasteiger partial charge is 0.494 e. The summed E-state index contributed by atoms with van der Waals surface area (Å²) in [6.07, 6.45) is 0. The third-order valence-corrected chi connectivity index (χ3v) is 4.49. The van der Waals surface area contributed by atoms with Crippen molar-refractivity contribution in [3.63, 3.8) is 0 Å². The van der Waals surface area contributed by atoms with Gasteiger partial charge in [-0.05, 0) is 25.5 Å². The summed E-state index contributed by atoms with van der Waals surface area (Å²) in [6.45, 7) is 0.385. The van der Waals surface area contributed by atoms with Crippen molar-refractivity contribution >= 4 is 16.7 Å². The highest BCUT2D eigenvalue weighted by Gasteiger charge is 2.20. The van der Waals surface area contributed by atoms with Crippen molar-refractivity contribution in [2.24, 2.45) is 0 Å². The molecule has 28 heavy (non-hydrogen) atoms. The topological polar surface area (TPSA) is 61.5 Å². The Morgan fingerprint density at radius 2 is 1.89 bits per heavy atom. The lowest BCUT2D eigenvalue weighted by Gasteiger charge is -2.12. The summed E-state index contributed by atoms with van der Waals surface area (Å²) >= 11 is 0. The van der Waals surface area contributed by atoms with E-state index in [1.165, 1.54) is 25.3 Å². The first-order chi connectivity index (χ1) is 13.4. The number of ether oxygens (including phenoxy) is 2. The Kier molecular flexibility index (Phi) is 4.29. The molecule has 6 nitrogen and oxygen atoms in total. The maximum absolute atomic E-state index is 14.1. The van der Waals surface area contributed by atoms with Gasteiger partial charge in [0.2, 0.25) is 0 Å². The standard InChI is InChI=1S/C19H15F3N4O2/c1-9-12(5-4-6-13(9)20)18-23-10(2)17-25-24-16-14(26(17)18)7-11(28-19(21)22)8-15(16)27-3/h4-8,19H,1-3H3. The minimum absolute atomic E-state index is 0.0954. The number of benzene rings is 2. The van der Waals surface area contributed by atoms with E-state index in [1.807, 2.05) is 0 Å². The zero-order valence-corrected chi connectivity index (χ0v) is 15.2. The fourth-order valence-electron chi connectivity index (χ4n) is 3.16. The highest BCUT2D eigenvalue weighted by atomic mass is 19.3. The summed E-state index contributed by atoms with van der Waals surface area (Å²) in [5, 5.41) is 8.35. The van der Waals surface area contributed by atoms with Gasteiger partial charge in [-0.3, -0.25) is 4.40 Å². The van der Waals surface area contributed by atoms with Crippen molar-refractivity contribution in [3.8, 4) is 22.9 Å². The lowest BCUT2D eigenvalue weighted by molar-refractivity contribution is -0.0498. The van der Waals surface area contributed by atoms with Gasteiger partial charge in [-0.15, -0.1) is 10.2 Å². The summed E-state index contributed by atoms with van der Waals surface area (Å²) in [4.78, 5) is 4.52. The quantitative estimate of drug-likeness (QED) is 0.521. The van der Waals surface area contributed by atoms with Gasteiger partial charge in [-0.25, -0.2) is 9.37 Å². The number of rotatable bonds is 4. The molecule has 0 bridgehead atoms. The van der Waals surface area contributed by atoms with Gasteiger partial charge in [0.1, 0.15) is 17.4 Å². The van der Waals surface area contributed by atoms with E-state index in [4.69, 9.17) is 4.74 Å². The fraction of sp³-hybridized carbons (Fsp3) is 0.211. The maximum atomic E-state index is 14.1. The van der Waals surface area contributed by atoms with Gasteiger partial charge < -0.3 is 9.47 Å². The number of fused-ring (bicyclic) bond motifs is 3. The van der Waals surface area contributed by atoms with Crippen LogP contribution in [0.3, 0.4) is 0 Å². The second kappa shape index (κ2) is 6.66. The Balaban J connectivity index is 2.12. The molecule has 2 aromatic carbocycles. The zero-order chi connectivity index (χ0) is 20.0. The molecule has 0 saturated carbocycles. The van der Waals surface area contributed by atoms with E-state index in [0.29, 0.717) is 39.3 Å². The maximum Gasteiger partial charge on any atom is 0.387 e. The van der Waals surface area contributed by atoms with Crippen molar-refractivity contribution < 1.29 is 22.6 Å². The minimum atomic E-state index is -3.00. The summed E-state index contributed by atoms with van der Waals surface area (Å²) in [6, 6.07) is 7.39. The average molecular weight is 388 g/mol. The summed E-state index contributed by atoms with van der Waals surface area (Å²) < 4.78 is 51.1. The lowest BCUT2D eigenvalue weighted by Crippen LogP contribution is -2.04. The number of hydrogen-bond donors (Lipinski definition) is 0. The number of halogens is 3. The zero-order valence-electron chi connectivity index (χ0n) is 15.2. The normalized spacial score (nSPS) is 11.5. The molecule has 0 unspecified atom stereocenters. The van der Waals surface area contributed by atoms with Crippen LogP contribution < -0.4 is 9.47 Å². The molecule has 2 aromatic heterocycles. The fourth-order valence-corrected chi connectivity index (χ4v) is 3.16. The van der Waals surface area contributed by atoms with Gasteiger partial charge >= 0.3 is 6.61 Å². The van der Waals surface area contributed by atoms with Crippen LogP contribution in [-0.4, -0.2) is 33.3 Å². The number of hydrogen-bond acceptors (Lipinski definition) is 5. The van der Waals surface area contributed by atoms with E-state index in [-0.39, 0.29) is 17.3 Å². The van der Waals surface area contributed by atoms with Crippen LogP contribution in [0.2, 0.25) is 0 Å².